The smallest absolute Gasteiger partial charge is 0.307 e. The van der Waals surface area contributed by atoms with Crippen LogP contribution in [0.1, 0.15) is 42.8 Å². The van der Waals surface area contributed by atoms with Crippen molar-refractivity contribution >= 4 is 34.8 Å². The molecule has 3 heterocycles. The Morgan fingerprint density at radius 1 is 1.13 bits per heavy atom. The first-order valence-corrected chi connectivity index (χ1v) is 11.3. The van der Waals surface area contributed by atoms with Crippen LogP contribution in [0.25, 0.3) is 0 Å². The number of oxazole rings is 1. The number of pyridine rings is 1. The quantitative estimate of drug-likeness (QED) is 0.671. The van der Waals surface area contributed by atoms with E-state index in [0.717, 1.165) is 70.0 Å². The van der Waals surface area contributed by atoms with Gasteiger partial charge in [-0.15, -0.1) is 0 Å². The van der Waals surface area contributed by atoms with Crippen LogP contribution in [0.5, 0.6) is 0 Å². The van der Waals surface area contributed by atoms with E-state index in [1.165, 1.54) is 18.9 Å². The molecule has 0 spiro atoms. The Morgan fingerprint density at radius 2 is 1.90 bits per heavy atom. The van der Waals surface area contributed by atoms with Gasteiger partial charge in [0.25, 0.3) is 5.89 Å². The summed E-state index contributed by atoms with van der Waals surface area (Å²) in [4.78, 5) is 24.8. The van der Waals surface area contributed by atoms with Gasteiger partial charge in [0.2, 0.25) is 0 Å². The average molecular weight is 452 g/mol. The van der Waals surface area contributed by atoms with Crippen LogP contribution in [0.3, 0.4) is 0 Å². The van der Waals surface area contributed by atoms with E-state index in [1.54, 1.807) is 6.20 Å². The van der Waals surface area contributed by atoms with E-state index in [2.05, 4.69) is 25.1 Å². The van der Waals surface area contributed by atoms with Crippen molar-refractivity contribution < 1.29 is 9.21 Å². The van der Waals surface area contributed by atoms with Gasteiger partial charge in [-0.3, -0.25) is 9.69 Å². The van der Waals surface area contributed by atoms with E-state index in [9.17, 15) is 4.79 Å². The zero-order valence-corrected chi connectivity index (χ0v) is 18.4. The molecular weight excluding hydrogens is 425 g/mol. The normalized spacial score (nSPS) is 22.8. The summed E-state index contributed by atoms with van der Waals surface area (Å²) in [6.07, 6.45) is 10.1. The fourth-order valence-corrected chi connectivity index (χ4v) is 4.78. The summed E-state index contributed by atoms with van der Waals surface area (Å²) >= 11 is 12.3. The number of amides is 1. The van der Waals surface area contributed by atoms with Crippen LogP contribution in [0.4, 0.5) is 5.69 Å². The molecule has 162 valence electrons. The van der Waals surface area contributed by atoms with Gasteiger partial charge in [0.05, 0.1) is 16.9 Å². The minimum Gasteiger partial charge on any atom is -0.441 e. The first-order valence-electron chi connectivity index (χ1n) is 10.6. The molecule has 0 atom stereocenters. The molecule has 1 aliphatic carbocycles. The van der Waals surface area contributed by atoms with Gasteiger partial charge in [-0.05, 0) is 44.6 Å². The molecule has 2 aliphatic rings. The predicted octanol–water partition coefficient (Wildman–Crippen LogP) is 3.88. The lowest BCUT2D eigenvalue weighted by Crippen LogP contribution is -2.47. The minimum absolute atomic E-state index is 0.145. The molecule has 1 aliphatic heterocycles. The molecular formula is C21H27Cl2N5O2. The Bertz CT molecular complexity index is 832. The molecule has 2 aromatic heterocycles. The molecule has 30 heavy (non-hydrogen) atoms. The van der Waals surface area contributed by atoms with Gasteiger partial charge in [0.1, 0.15) is 11.4 Å². The zero-order chi connectivity index (χ0) is 20.9. The van der Waals surface area contributed by atoms with E-state index >= 15 is 0 Å². The molecule has 2 fully saturated rings. The minimum atomic E-state index is -0.211. The number of halogens is 2. The number of nitrogens with one attached hydrogen (secondary N) is 1. The molecule has 0 aromatic carbocycles. The maximum atomic E-state index is 12.1. The van der Waals surface area contributed by atoms with E-state index in [4.69, 9.17) is 27.6 Å². The third-order valence-corrected chi connectivity index (χ3v) is 6.67. The van der Waals surface area contributed by atoms with Gasteiger partial charge < -0.3 is 14.6 Å². The van der Waals surface area contributed by atoms with Crippen LogP contribution < -0.4 is 10.2 Å². The van der Waals surface area contributed by atoms with Gasteiger partial charge in [-0.1, -0.05) is 23.2 Å². The molecule has 7 nitrogen and oxygen atoms in total. The number of piperazine rings is 1. The molecule has 1 saturated heterocycles. The maximum Gasteiger partial charge on any atom is 0.307 e. The van der Waals surface area contributed by atoms with E-state index in [0.29, 0.717) is 10.2 Å². The average Bonchev–Trinajstić information content (AvgIpc) is 3.31. The number of carbonyl (C=O) groups is 1. The van der Waals surface area contributed by atoms with Gasteiger partial charge in [-0.2, -0.15) is 0 Å². The second-order valence-corrected chi connectivity index (χ2v) is 8.90. The third-order valence-electron chi connectivity index (χ3n) is 6.18. The summed E-state index contributed by atoms with van der Waals surface area (Å²) in [5.74, 6) is 0.662. The number of hydrogen-bond acceptors (Lipinski definition) is 6. The lowest BCUT2D eigenvalue weighted by molar-refractivity contribution is 0.0884. The van der Waals surface area contributed by atoms with Crippen molar-refractivity contribution in [1.82, 2.24) is 20.2 Å². The lowest BCUT2D eigenvalue weighted by atomic mass is 9.84. The zero-order valence-electron chi connectivity index (χ0n) is 16.9. The van der Waals surface area contributed by atoms with Gasteiger partial charge >= 0.3 is 5.91 Å². The number of aromatic nitrogens is 2. The van der Waals surface area contributed by atoms with Crippen LogP contribution in [0.15, 0.2) is 29.1 Å². The van der Waals surface area contributed by atoms with E-state index in [1.807, 2.05) is 6.07 Å². The first-order chi connectivity index (χ1) is 14.6. The second kappa shape index (κ2) is 9.98. The van der Waals surface area contributed by atoms with E-state index in [-0.39, 0.29) is 17.8 Å². The molecule has 2 aromatic rings. The van der Waals surface area contributed by atoms with Crippen LogP contribution in [-0.2, 0) is 0 Å². The highest BCUT2D eigenvalue weighted by atomic mass is 35.5. The number of rotatable bonds is 6. The highest BCUT2D eigenvalue weighted by molar-refractivity contribution is 6.34. The lowest BCUT2D eigenvalue weighted by Gasteiger charge is -2.37. The highest BCUT2D eigenvalue weighted by Gasteiger charge is 2.25. The summed E-state index contributed by atoms with van der Waals surface area (Å²) in [6.45, 7) is 5.06. The molecule has 9 heteroatoms. The Balaban J connectivity index is 1.15. The molecule has 0 radical (unpaired) electrons. The molecule has 0 bridgehead atoms. The second-order valence-electron chi connectivity index (χ2n) is 8.10. The topological polar surface area (TPSA) is 74.5 Å². The van der Waals surface area contributed by atoms with Gasteiger partial charge in [-0.25, -0.2) is 9.97 Å². The summed E-state index contributed by atoms with van der Waals surface area (Å²) in [5.41, 5.74) is 0.974. The van der Waals surface area contributed by atoms with Crippen molar-refractivity contribution in [2.45, 2.75) is 38.1 Å². The predicted molar refractivity (Wildman–Crippen MR) is 117 cm³/mol. The van der Waals surface area contributed by atoms with Crippen LogP contribution in [-0.4, -0.2) is 59.5 Å². The molecule has 0 unspecified atom stereocenters. The molecule has 1 N–H and O–H groups in total. The van der Waals surface area contributed by atoms with Crippen molar-refractivity contribution in [2.24, 2.45) is 5.92 Å². The molecule has 4 rings (SSSR count). The van der Waals surface area contributed by atoms with Crippen LogP contribution in [0, 0.1) is 5.92 Å². The van der Waals surface area contributed by atoms with Crippen molar-refractivity contribution in [3.05, 3.63) is 40.8 Å². The third kappa shape index (κ3) is 5.45. The summed E-state index contributed by atoms with van der Waals surface area (Å²) < 4.78 is 5.06. The SMILES string of the molecule is O=C(NC1CCC(CCN2CCN(c3cc(Cl)ncc3Cl)CC2)CC1)c1ncco1. The largest absolute Gasteiger partial charge is 0.441 e. The maximum absolute atomic E-state index is 12.1. The van der Waals surface area contributed by atoms with Crippen LogP contribution >= 0.6 is 23.2 Å². The van der Waals surface area contributed by atoms with Crippen molar-refractivity contribution in [3.8, 4) is 0 Å². The van der Waals surface area contributed by atoms with Crippen LogP contribution in [0.2, 0.25) is 10.2 Å². The number of anilines is 1. The summed E-state index contributed by atoms with van der Waals surface area (Å²) in [6, 6.07) is 2.07. The van der Waals surface area contributed by atoms with Gasteiger partial charge in [0.15, 0.2) is 0 Å². The van der Waals surface area contributed by atoms with E-state index < -0.39 is 0 Å². The Morgan fingerprint density at radius 3 is 2.60 bits per heavy atom. The van der Waals surface area contributed by atoms with Crippen molar-refractivity contribution in [3.63, 3.8) is 0 Å². The fourth-order valence-electron chi connectivity index (χ4n) is 4.40. The monoisotopic (exact) mass is 451 g/mol. The molecule has 1 amide bonds. The van der Waals surface area contributed by atoms with Crippen molar-refractivity contribution in [1.29, 1.82) is 0 Å². The number of carbonyl (C=O) groups excluding carboxylic acids is 1. The summed E-state index contributed by atoms with van der Waals surface area (Å²) in [5, 5.41) is 4.17. The summed E-state index contributed by atoms with van der Waals surface area (Å²) in [7, 11) is 0. The Kier molecular flexibility index (Phi) is 7.12. The standard InChI is InChI=1S/C21H27Cl2N5O2/c22-17-14-25-19(23)13-18(17)28-10-8-27(9-11-28)7-5-15-1-3-16(4-2-15)26-20(29)21-24-6-12-30-21/h6,12-16H,1-5,7-11H2,(H,26,29). The number of nitrogens with zero attached hydrogens (tertiary/aromatic N) is 4. The Labute approximate surface area is 186 Å². The Hall–Kier alpha value is -1.83. The highest BCUT2D eigenvalue weighted by Crippen LogP contribution is 2.29. The number of hydrogen-bond donors (Lipinski definition) is 1. The van der Waals surface area contributed by atoms with Gasteiger partial charge in [0, 0.05) is 44.5 Å². The fraction of sp³-hybridized carbons (Fsp3) is 0.571. The molecule has 1 saturated carbocycles. The first kappa shape index (κ1) is 21.4. The van der Waals surface area contributed by atoms with Crippen molar-refractivity contribution in [2.75, 3.05) is 37.6 Å².